The summed E-state index contributed by atoms with van der Waals surface area (Å²) >= 11 is 2.19. The number of halogens is 1. The molecule has 0 saturated heterocycles. The monoisotopic (exact) mass is 515 g/mol. The average molecular weight is 515 g/mol. The van der Waals surface area contributed by atoms with E-state index in [0.717, 1.165) is 14.7 Å². The van der Waals surface area contributed by atoms with Crippen LogP contribution in [-0.2, 0) is 16.1 Å². The lowest BCUT2D eigenvalue weighted by atomic mass is 10.1. The van der Waals surface area contributed by atoms with Gasteiger partial charge in [-0.05, 0) is 71.0 Å². The van der Waals surface area contributed by atoms with Crippen LogP contribution in [0.1, 0.15) is 22.5 Å². The molecule has 0 spiro atoms. The van der Waals surface area contributed by atoms with Crippen molar-refractivity contribution in [2.75, 3.05) is 7.11 Å². The molecule has 0 unspecified atom stereocenters. The number of benzene rings is 2. The summed E-state index contributed by atoms with van der Waals surface area (Å²) in [6, 6.07) is 15.3. The fourth-order valence-corrected chi connectivity index (χ4v) is 3.66. The summed E-state index contributed by atoms with van der Waals surface area (Å²) in [6.07, 6.45) is 3.14. The molecule has 152 valence electrons. The smallest absolute Gasteiger partial charge is 0.363 e. The second kappa shape index (κ2) is 8.74. The van der Waals surface area contributed by atoms with E-state index in [-0.39, 0.29) is 11.6 Å². The maximum Gasteiger partial charge on any atom is 0.363 e. The first-order valence-electron chi connectivity index (χ1n) is 9.16. The molecule has 2 aromatic carbocycles. The van der Waals surface area contributed by atoms with Crippen LogP contribution in [0.2, 0.25) is 0 Å². The summed E-state index contributed by atoms with van der Waals surface area (Å²) in [5.41, 5.74) is 3.20. The highest BCUT2D eigenvalue weighted by Crippen LogP contribution is 2.35. The second-order valence-electron chi connectivity index (χ2n) is 6.62. The number of carbonyl (C=O) groups excluding carboxylic acids is 1. The Hall–Kier alpha value is -3.07. The van der Waals surface area contributed by atoms with Gasteiger partial charge in [-0.1, -0.05) is 29.8 Å². The Morgan fingerprint density at radius 1 is 1.17 bits per heavy atom. The van der Waals surface area contributed by atoms with Crippen LogP contribution in [0.5, 0.6) is 11.5 Å². The molecular weight excluding hydrogens is 497 g/mol. The Morgan fingerprint density at radius 2 is 1.97 bits per heavy atom. The van der Waals surface area contributed by atoms with E-state index >= 15 is 0 Å². The van der Waals surface area contributed by atoms with Gasteiger partial charge in [0.15, 0.2) is 23.0 Å². The number of cyclic esters (lactones) is 1. The van der Waals surface area contributed by atoms with Crippen molar-refractivity contribution in [3.8, 4) is 11.5 Å². The van der Waals surface area contributed by atoms with E-state index in [2.05, 4.69) is 27.6 Å². The quantitative estimate of drug-likeness (QED) is 0.259. The maximum absolute atomic E-state index is 12.2. The molecule has 1 aliphatic rings. The molecular formula is C23H18INO5. The first-order chi connectivity index (χ1) is 14.5. The van der Waals surface area contributed by atoms with Crippen LogP contribution in [0, 0.1) is 10.5 Å². The topological polar surface area (TPSA) is 70.3 Å². The molecule has 0 N–H and O–H groups in total. The van der Waals surface area contributed by atoms with E-state index in [1.54, 1.807) is 31.4 Å². The standard InChI is InChI=1S/C23H18INO5/c1-14-5-7-15(8-6-14)13-29-21-17(24)10-16(12-20(21)27-2)11-18-23(26)30-22(25-18)19-4-3-9-28-19/h3-12H,13H2,1-2H3/b18-11-. The summed E-state index contributed by atoms with van der Waals surface area (Å²) in [7, 11) is 1.58. The van der Waals surface area contributed by atoms with Crippen molar-refractivity contribution >= 4 is 40.5 Å². The van der Waals surface area contributed by atoms with Crippen LogP contribution in [-0.4, -0.2) is 19.0 Å². The Labute approximate surface area is 187 Å². The van der Waals surface area contributed by atoms with E-state index in [4.69, 9.17) is 18.6 Å². The van der Waals surface area contributed by atoms with E-state index in [9.17, 15) is 4.79 Å². The van der Waals surface area contributed by atoms with Crippen LogP contribution in [0.25, 0.3) is 6.08 Å². The van der Waals surface area contributed by atoms with Gasteiger partial charge in [-0.25, -0.2) is 9.79 Å². The van der Waals surface area contributed by atoms with Crippen molar-refractivity contribution in [1.82, 2.24) is 0 Å². The molecule has 0 amide bonds. The number of esters is 1. The zero-order valence-corrected chi connectivity index (χ0v) is 18.5. The van der Waals surface area contributed by atoms with Gasteiger partial charge in [0.05, 0.1) is 16.9 Å². The molecule has 0 radical (unpaired) electrons. The lowest BCUT2D eigenvalue weighted by Gasteiger charge is -2.14. The van der Waals surface area contributed by atoms with Crippen LogP contribution < -0.4 is 9.47 Å². The molecule has 4 rings (SSSR count). The first kappa shape index (κ1) is 20.2. The number of rotatable bonds is 6. The zero-order valence-electron chi connectivity index (χ0n) is 16.3. The predicted molar refractivity (Wildman–Crippen MR) is 121 cm³/mol. The number of methoxy groups -OCH3 is 1. The molecule has 6 nitrogen and oxygen atoms in total. The molecule has 0 saturated carbocycles. The van der Waals surface area contributed by atoms with Crippen molar-refractivity contribution in [3.05, 3.63) is 86.5 Å². The minimum absolute atomic E-state index is 0.149. The zero-order chi connectivity index (χ0) is 21.1. The average Bonchev–Trinajstić information content (AvgIpc) is 3.38. The minimum Gasteiger partial charge on any atom is -0.493 e. The Morgan fingerprint density at radius 3 is 2.67 bits per heavy atom. The van der Waals surface area contributed by atoms with Crippen molar-refractivity contribution in [2.24, 2.45) is 4.99 Å². The number of carbonyl (C=O) groups is 1. The van der Waals surface area contributed by atoms with Crippen LogP contribution in [0.4, 0.5) is 0 Å². The molecule has 1 aliphatic heterocycles. The SMILES string of the molecule is COc1cc(/C=C2\N=C(c3ccco3)OC2=O)cc(I)c1OCc1ccc(C)cc1. The number of aliphatic imine (C=N–C) groups is 1. The molecule has 0 atom stereocenters. The summed E-state index contributed by atoms with van der Waals surface area (Å²) in [4.78, 5) is 16.4. The van der Waals surface area contributed by atoms with E-state index in [1.807, 2.05) is 37.3 Å². The maximum atomic E-state index is 12.2. The Bertz CT molecular complexity index is 1130. The van der Waals surface area contributed by atoms with Gasteiger partial charge in [0.2, 0.25) is 0 Å². The van der Waals surface area contributed by atoms with Gasteiger partial charge in [-0.3, -0.25) is 0 Å². The van der Waals surface area contributed by atoms with Crippen LogP contribution >= 0.6 is 22.6 Å². The van der Waals surface area contributed by atoms with Gasteiger partial charge in [0.25, 0.3) is 5.90 Å². The van der Waals surface area contributed by atoms with Gasteiger partial charge in [0.1, 0.15) is 6.61 Å². The van der Waals surface area contributed by atoms with Crippen molar-refractivity contribution < 1.29 is 23.4 Å². The van der Waals surface area contributed by atoms with Gasteiger partial charge in [-0.2, -0.15) is 0 Å². The van der Waals surface area contributed by atoms with Gasteiger partial charge >= 0.3 is 5.97 Å². The number of hydrogen-bond donors (Lipinski definition) is 0. The molecule has 30 heavy (non-hydrogen) atoms. The minimum atomic E-state index is -0.532. The summed E-state index contributed by atoms with van der Waals surface area (Å²) < 4.78 is 22.8. The van der Waals surface area contributed by atoms with Gasteiger partial charge < -0.3 is 18.6 Å². The number of hydrogen-bond acceptors (Lipinski definition) is 6. The van der Waals surface area contributed by atoms with Crippen LogP contribution in [0.3, 0.4) is 0 Å². The largest absolute Gasteiger partial charge is 0.493 e. The molecule has 1 aromatic heterocycles. The van der Waals surface area contributed by atoms with Crippen molar-refractivity contribution in [1.29, 1.82) is 0 Å². The summed E-state index contributed by atoms with van der Waals surface area (Å²) in [5.74, 6) is 1.24. The third kappa shape index (κ3) is 4.40. The first-order valence-corrected chi connectivity index (χ1v) is 10.2. The third-order valence-electron chi connectivity index (χ3n) is 4.41. The molecule has 0 aliphatic carbocycles. The highest BCUT2D eigenvalue weighted by molar-refractivity contribution is 14.1. The lowest BCUT2D eigenvalue weighted by molar-refractivity contribution is -0.130. The van der Waals surface area contributed by atoms with Gasteiger partial charge in [-0.15, -0.1) is 0 Å². The van der Waals surface area contributed by atoms with E-state index < -0.39 is 5.97 Å². The van der Waals surface area contributed by atoms with E-state index in [1.165, 1.54) is 11.8 Å². The fraction of sp³-hybridized carbons (Fsp3) is 0.130. The molecule has 3 aromatic rings. The van der Waals surface area contributed by atoms with Gasteiger partial charge in [0, 0.05) is 0 Å². The summed E-state index contributed by atoms with van der Waals surface area (Å²) in [6.45, 7) is 2.47. The normalized spacial score (nSPS) is 14.6. The number of nitrogens with zero attached hydrogens (tertiary/aromatic N) is 1. The number of furan rings is 1. The van der Waals surface area contributed by atoms with E-state index in [0.29, 0.717) is 23.9 Å². The highest BCUT2D eigenvalue weighted by Gasteiger charge is 2.26. The Balaban J connectivity index is 1.58. The number of aryl methyl sites for hydroxylation is 1. The van der Waals surface area contributed by atoms with Crippen molar-refractivity contribution in [2.45, 2.75) is 13.5 Å². The molecule has 0 bridgehead atoms. The molecule has 0 fully saturated rings. The fourth-order valence-electron chi connectivity index (χ4n) is 2.88. The molecule has 2 heterocycles. The highest BCUT2D eigenvalue weighted by atomic mass is 127. The van der Waals surface area contributed by atoms with Crippen molar-refractivity contribution in [3.63, 3.8) is 0 Å². The van der Waals surface area contributed by atoms with Crippen LogP contribution in [0.15, 0.2) is 69.9 Å². The Kier molecular flexibility index (Phi) is 5.89. The second-order valence-corrected chi connectivity index (χ2v) is 7.78. The third-order valence-corrected chi connectivity index (χ3v) is 5.21. The summed E-state index contributed by atoms with van der Waals surface area (Å²) in [5, 5.41) is 0. The number of ether oxygens (including phenoxy) is 3. The lowest BCUT2D eigenvalue weighted by Crippen LogP contribution is -2.04. The predicted octanol–water partition coefficient (Wildman–Crippen LogP) is 5.12. The molecule has 7 heteroatoms.